The van der Waals surface area contributed by atoms with Gasteiger partial charge in [0.25, 0.3) is 0 Å². The topological polar surface area (TPSA) is 30.7 Å². The van der Waals surface area contributed by atoms with Crippen LogP contribution >= 0.6 is 11.3 Å². The van der Waals surface area contributed by atoms with E-state index < -0.39 is 0 Å². The van der Waals surface area contributed by atoms with E-state index in [9.17, 15) is 0 Å². The van der Waals surface area contributed by atoms with Gasteiger partial charge in [0.1, 0.15) is 5.82 Å². The molecule has 0 N–H and O–H groups in total. The predicted octanol–water partition coefficient (Wildman–Crippen LogP) is 1.40. The number of rotatable bonds is 2. The maximum Gasteiger partial charge on any atom is 0.195 e. The summed E-state index contributed by atoms with van der Waals surface area (Å²) in [6.07, 6.45) is 7.50. The second-order valence-electron chi connectivity index (χ2n) is 3.27. The number of imidazole rings is 1. The Hall–Kier alpha value is -1.68. The van der Waals surface area contributed by atoms with Gasteiger partial charge in [-0.15, -0.1) is 11.3 Å². The third-order valence-electron chi connectivity index (χ3n) is 2.27. The van der Waals surface area contributed by atoms with Crippen LogP contribution in [0.5, 0.6) is 0 Å². The first-order valence-corrected chi connectivity index (χ1v) is 5.90. The van der Waals surface area contributed by atoms with Gasteiger partial charge in [-0.05, 0) is 19.9 Å². The normalized spacial score (nSPS) is 13.4. The molecule has 2 heterocycles. The van der Waals surface area contributed by atoms with Gasteiger partial charge < -0.3 is 0 Å². The van der Waals surface area contributed by atoms with E-state index in [-0.39, 0.29) is 0 Å². The van der Waals surface area contributed by atoms with Crippen LogP contribution in [-0.2, 0) is 0 Å². The Balaban J connectivity index is 2.82. The molecule has 0 amide bonds. The molecule has 0 fully saturated rings. The lowest BCUT2D eigenvalue weighted by atomic mass is 10.4. The van der Waals surface area contributed by atoms with Crippen molar-refractivity contribution in [1.82, 2.24) is 14.5 Å². The van der Waals surface area contributed by atoms with E-state index in [0.29, 0.717) is 0 Å². The molecule has 0 aliphatic rings. The number of hydrogen-bond acceptors (Lipinski definition) is 3. The molecule has 0 radical (unpaired) electrons. The minimum atomic E-state index is 0.935. The summed E-state index contributed by atoms with van der Waals surface area (Å²) < 4.78 is 2.06. The van der Waals surface area contributed by atoms with Crippen molar-refractivity contribution in [2.45, 2.75) is 13.8 Å². The SMILES string of the molecule is C=C/C=c1/nc(C)n(-c2nccs2)/c1=C/C. The van der Waals surface area contributed by atoms with Gasteiger partial charge in [-0.2, -0.15) is 0 Å². The quantitative estimate of drug-likeness (QED) is 0.782. The van der Waals surface area contributed by atoms with Gasteiger partial charge >= 0.3 is 0 Å². The van der Waals surface area contributed by atoms with E-state index in [0.717, 1.165) is 21.7 Å². The maximum atomic E-state index is 4.50. The number of aryl methyl sites for hydroxylation is 1. The molecular formula is C12H13N3S. The van der Waals surface area contributed by atoms with Crippen molar-refractivity contribution in [3.63, 3.8) is 0 Å². The van der Waals surface area contributed by atoms with Crippen molar-refractivity contribution in [2.75, 3.05) is 0 Å². The minimum Gasteiger partial charge on any atom is -0.272 e. The number of nitrogens with zero attached hydrogens (tertiary/aromatic N) is 3. The first-order chi connectivity index (χ1) is 7.77. The van der Waals surface area contributed by atoms with Crippen molar-refractivity contribution < 1.29 is 0 Å². The van der Waals surface area contributed by atoms with Crippen LogP contribution in [0.2, 0.25) is 0 Å². The van der Waals surface area contributed by atoms with Gasteiger partial charge in [-0.3, -0.25) is 4.57 Å². The third kappa shape index (κ3) is 1.72. The molecule has 0 saturated carbocycles. The molecule has 0 saturated heterocycles. The van der Waals surface area contributed by atoms with Crippen molar-refractivity contribution in [3.05, 3.63) is 40.8 Å². The summed E-state index contributed by atoms with van der Waals surface area (Å²) in [5.74, 6) is 0.941. The lowest BCUT2D eigenvalue weighted by Crippen LogP contribution is -2.28. The molecule has 82 valence electrons. The zero-order valence-electron chi connectivity index (χ0n) is 9.34. The van der Waals surface area contributed by atoms with Crippen LogP contribution in [-0.4, -0.2) is 14.5 Å². The van der Waals surface area contributed by atoms with Crippen LogP contribution in [0.4, 0.5) is 0 Å². The van der Waals surface area contributed by atoms with Crippen LogP contribution in [0.15, 0.2) is 24.2 Å². The summed E-state index contributed by atoms with van der Waals surface area (Å²) in [6.45, 7) is 7.68. The molecule has 0 aliphatic carbocycles. The third-order valence-corrected chi connectivity index (χ3v) is 3.03. The van der Waals surface area contributed by atoms with Gasteiger partial charge in [0.2, 0.25) is 0 Å². The molecule has 0 spiro atoms. The number of hydrogen-bond donors (Lipinski definition) is 0. The molecule has 0 bridgehead atoms. The number of aromatic nitrogens is 3. The van der Waals surface area contributed by atoms with Gasteiger partial charge in [0, 0.05) is 11.6 Å². The molecule has 3 nitrogen and oxygen atoms in total. The zero-order valence-corrected chi connectivity index (χ0v) is 10.2. The summed E-state index contributed by atoms with van der Waals surface area (Å²) >= 11 is 1.60. The van der Waals surface area contributed by atoms with Gasteiger partial charge in [0.05, 0.1) is 10.7 Å². The standard InChI is InChI=1S/C12H13N3S/c1-4-6-10-11(5-2)15(9(3)14-10)12-13-7-8-16-12/h4-8H,1H2,2-3H3/b10-6+,11-5+. The smallest absolute Gasteiger partial charge is 0.195 e. The Morgan fingerprint density at radius 2 is 2.31 bits per heavy atom. The molecule has 16 heavy (non-hydrogen) atoms. The van der Waals surface area contributed by atoms with E-state index in [1.165, 1.54) is 0 Å². The van der Waals surface area contributed by atoms with E-state index in [1.807, 2.05) is 31.4 Å². The molecule has 0 unspecified atom stereocenters. The average Bonchev–Trinajstić information content (AvgIpc) is 2.85. The summed E-state index contributed by atoms with van der Waals surface area (Å²) in [6, 6.07) is 0. The second kappa shape index (κ2) is 4.45. The summed E-state index contributed by atoms with van der Waals surface area (Å²) in [4.78, 5) is 8.81. The second-order valence-corrected chi connectivity index (χ2v) is 4.14. The highest BCUT2D eigenvalue weighted by molar-refractivity contribution is 7.12. The zero-order chi connectivity index (χ0) is 11.5. The highest BCUT2D eigenvalue weighted by atomic mass is 32.1. The molecule has 2 aromatic heterocycles. The fraction of sp³-hybridized carbons (Fsp3) is 0.167. The molecule has 0 atom stereocenters. The van der Waals surface area contributed by atoms with E-state index in [1.54, 1.807) is 23.6 Å². The van der Waals surface area contributed by atoms with Gasteiger partial charge in [-0.1, -0.05) is 18.7 Å². The molecular weight excluding hydrogens is 218 g/mol. The largest absolute Gasteiger partial charge is 0.272 e. The fourth-order valence-corrected chi connectivity index (χ4v) is 2.35. The van der Waals surface area contributed by atoms with E-state index in [4.69, 9.17) is 0 Å². The number of allylic oxidation sites excluding steroid dienone is 1. The van der Waals surface area contributed by atoms with Crippen LogP contribution in [0, 0.1) is 6.92 Å². The van der Waals surface area contributed by atoms with E-state index >= 15 is 0 Å². The molecule has 0 aliphatic heterocycles. The highest BCUT2D eigenvalue weighted by Crippen LogP contribution is 2.09. The van der Waals surface area contributed by atoms with Crippen LogP contribution < -0.4 is 10.7 Å². The minimum absolute atomic E-state index is 0.935. The van der Waals surface area contributed by atoms with Crippen molar-refractivity contribution in [1.29, 1.82) is 0 Å². The lowest BCUT2D eigenvalue weighted by Gasteiger charge is -1.98. The van der Waals surface area contributed by atoms with Crippen molar-refractivity contribution >= 4 is 23.5 Å². The van der Waals surface area contributed by atoms with Crippen LogP contribution in [0.25, 0.3) is 17.3 Å². The first-order valence-electron chi connectivity index (χ1n) is 5.02. The monoisotopic (exact) mass is 231 g/mol. The molecule has 4 heteroatoms. The first kappa shape index (κ1) is 10.8. The predicted molar refractivity (Wildman–Crippen MR) is 68.0 cm³/mol. The molecule has 2 aromatic rings. The highest BCUT2D eigenvalue weighted by Gasteiger charge is 2.06. The maximum absolute atomic E-state index is 4.50. The Morgan fingerprint density at radius 1 is 1.50 bits per heavy atom. The van der Waals surface area contributed by atoms with Crippen LogP contribution in [0.1, 0.15) is 12.7 Å². The lowest BCUT2D eigenvalue weighted by molar-refractivity contribution is 0.935. The Bertz CT molecular complexity index is 605. The Labute approximate surface area is 98.1 Å². The van der Waals surface area contributed by atoms with Gasteiger partial charge in [0.15, 0.2) is 5.13 Å². The average molecular weight is 231 g/mol. The van der Waals surface area contributed by atoms with Gasteiger partial charge in [-0.25, -0.2) is 9.97 Å². The fourth-order valence-electron chi connectivity index (χ4n) is 1.65. The van der Waals surface area contributed by atoms with Crippen molar-refractivity contribution in [2.24, 2.45) is 0 Å². The molecule has 0 aromatic carbocycles. The molecule has 2 rings (SSSR count). The Kier molecular flexibility index (Phi) is 3.01. The van der Waals surface area contributed by atoms with E-state index in [2.05, 4.69) is 21.1 Å². The summed E-state index contributed by atoms with van der Waals surface area (Å²) in [7, 11) is 0. The summed E-state index contributed by atoms with van der Waals surface area (Å²) in [5, 5.41) is 4.91. The number of thiazole rings is 1. The Morgan fingerprint density at radius 3 is 2.88 bits per heavy atom. The summed E-state index contributed by atoms with van der Waals surface area (Å²) in [5.41, 5.74) is 0. The van der Waals surface area contributed by atoms with Crippen LogP contribution in [0.3, 0.4) is 0 Å². The van der Waals surface area contributed by atoms with Crippen molar-refractivity contribution in [3.8, 4) is 5.13 Å².